The van der Waals surface area contributed by atoms with E-state index < -0.39 is 6.03 Å². The number of anilines is 2. The van der Waals surface area contributed by atoms with E-state index in [2.05, 4.69) is 41.0 Å². The number of primary amides is 1. The fourth-order valence-electron chi connectivity index (χ4n) is 3.36. The van der Waals surface area contributed by atoms with Crippen molar-refractivity contribution in [2.45, 2.75) is 37.6 Å². The molecule has 4 N–H and O–H groups in total. The van der Waals surface area contributed by atoms with Crippen molar-refractivity contribution in [2.75, 3.05) is 10.6 Å². The van der Waals surface area contributed by atoms with Crippen LogP contribution in [-0.2, 0) is 0 Å². The third-order valence-corrected chi connectivity index (χ3v) is 4.50. The van der Waals surface area contributed by atoms with Crippen LogP contribution in [0.4, 0.5) is 16.2 Å². The molecule has 1 fully saturated rings. The van der Waals surface area contributed by atoms with E-state index in [4.69, 9.17) is 5.73 Å². The van der Waals surface area contributed by atoms with Gasteiger partial charge in [-0.25, -0.2) is 4.79 Å². The van der Waals surface area contributed by atoms with Crippen LogP contribution in [-0.4, -0.2) is 12.1 Å². The summed E-state index contributed by atoms with van der Waals surface area (Å²) in [7, 11) is 0. The Morgan fingerprint density at radius 3 is 2.30 bits per heavy atom. The third kappa shape index (κ3) is 4.25. The molecule has 0 spiro atoms. The molecule has 2 aromatic rings. The van der Waals surface area contributed by atoms with E-state index in [0.29, 0.717) is 12.0 Å². The maximum atomic E-state index is 10.9. The van der Waals surface area contributed by atoms with Crippen LogP contribution < -0.4 is 16.4 Å². The molecule has 0 bridgehead atoms. The summed E-state index contributed by atoms with van der Waals surface area (Å²) < 4.78 is 0. The summed E-state index contributed by atoms with van der Waals surface area (Å²) in [5.74, 6) is 0.678. The highest BCUT2D eigenvalue weighted by Crippen LogP contribution is 2.34. The van der Waals surface area contributed by atoms with Gasteiger partial charge in [0.15, 0.2) is 0 Å². The van der Waals surface area contributed by atoms with Gasteiger partial charge < -0.3 is 16.4 Å². The fraction of sp³-hybridized carbons (Fsp3) is 0.316. The summed E-state index contributed by atoms with van der Waals surface area (Å²) >= 11 is 0. The lowest BCUT2D eigenvalue weighted by molar-refractivity contribution is 0.259. The first-order valence-electron chi connectivity index (χ1n) is 8.19. The second kappa shape index (κ2) is 7.18. The van der Waals surface area contributed by atoms with E-state index in [1.807, 2.05) is 24.3 Å². The maximum Gasteiger partial charge on any atom is 0.316 e. The van der Waals surface area contributed by atoms with Gasteiger partial charge in [0.05, 0.1) is 0 Å². The highest BCUT2D eigenvalue weighted by atomic mass is 16.2. The second-order valence-electron chi connectivity index (χ2n) is 6.17. The van der Waals surface area contributed by atoms with Gasteiger partial charge in [-0.3, -0.25) is 0 Å². The summed E-state index contributed by atoms with van der Waals surface area (Å²) in [6, 6.07) is 18.4. The molecule has 0 aliphatic heterocycles. The van der Waals surface area contributed by atoms with Gasteiger partial charge in [-0.1, -0.05) is 36.4 Å². The minimum Gasteiger partial charge on any atom is -0.382 e. The van der Waals surface area contributed by atoms with Crippen molar-refractivity contribution in [2.24, 2.45) is 5.73 Å². The Morgan fingerprint density at radius 1 is 0.913 bits per heavy atom. The maximum absolute atomic E-state index is 10.9. The van der Waals surface area contributed by atoms with Crippen LogP contribution in [0.25, 0.3) is 0 Å². The number of carbonyl (C=O) groups is 1. The van der Waals surface area contributed by atoms with Gasteiger partial charge in [0, 0.05) is 17.4 Å². The molecule has 120 valence electrons. The van der Waals surface area contributed by atoms with Gasteiger partial charge in [0.2, 0.25) is 0 Å². The average molecular weight is 309 g/mol. The molecular weight excluding hydrogens is 286 g/mol. The summed E-state index contributed by atoms with van der Waals surface area (Å²) in [4.78, 5) is 10.9. The minimum absolute atomic E-state index is 0.485. The average Bonchev–Trinajstić information content (AvgIpc) is 2.56. The predicted molar refractivity (Wildman–Crippen MR) is 94.7 cm³/mol. The zero-order valence-electron chi connectivity index (χ0n) is 13.2. The van der Waals surface area contributed by atoms with Crippen LogP contribution in [0.1, 0.15) is 37.2 Å². The van der Waals surface area contributed by atoms with Crippen LogP contribution in [0.3, 0.4) is 0 Å². The molecule has 1 aliphatic rings. The smallest absolute Gasteiger partial charge is 0.316 e. The van der Waals surface area contributed by atoms with Crippen molar-refractivity contribution in [1.82, 2.24) is 0 Å². The Morgan fingerprint density at radius 2 is 1.61 bits per heavy atom. The van der Waals surface area contributed by atoms with Crippen LogP contribution in [0.5, 0.6) is 0 Å². The number of hydrogen-bond donors (Lipinski definition) is 3. The second-order valence-corrected chi connectivity index (χ2v) is 6.17. The Hall–Kier alpha value is -2.49. The third-order valence-electron chi connectivity index (χ3n) is 4.50. The topological polar surface area (TPSA) is 67.2 Å². The molecular formula is C19H23N3O. The molecule has 0 radical (unpaired) electrons. The molecule has 0 atom stereocenters. The molecule has 0 aromatic heterocycles. The molecule has 2 aromatic carbocycles. The van der Waals surface area contributed by atoms with Gasteiger partial charge in [0.1, 0.15) is 0 Å². The summed E-state index contributed by atoms with van der Waals surface area (Å²) in [5, 5.41) is 6.18. The first kappa shape index (κ1) is 15.4. The Labute approximate surface area is 137 Å². The van der Waals surface area contributed by atoms with Gasteiger partial charge >= 0.3 is 6.03 Å². The van der Waals surface area contributed by atoms with Crippen molar-refractivity contribution in [3.8, 4) is 0 Å². The number of urea groups is 1. The lowest BCUT2D eigenvalue weighted by atomic mass is 9.82. The molecule has 1 aliphatic carbocycles. The SMILES string of the molecule is NC(=O)Nc1cccc(NC2CCC(c3ccccc3)CC2)c1. The van der Waals surface area contributed by atoms with Crippen LogP contribution in [0, 0.1) is 0 Å². The summed E-state index contributed by atoms with van der Waals surface area (Å²) in [6.07, 6.45) is 4.74. The zero-order chi connectivity index (χ0) is 16.1. The summed E-state index contributed by atoms with van der Waals surface area (Å²) in [6.45, 7) is 0. The molecule has 1 saturated carbocycles. The number of amides is 2. The Balaban J connectivity index is 1.55. The number of hydrogen-bond acceptors (Lipinski definition) is 2. The largest absolute Gasteiger partial charge is 0.382 e. The first-order valence-corrected chi connectivity index (χ1v) is 8.19. The molecule has 0 saturated heterocycles. The van der Waals surface area contributed by atoms with E-state index in [9.17, 15) is 4.79 Å². The number of carbonyl (C=O) groups excluding carboxylic acids is 1. The van der Waals surface area contributed by atoms with Gasteiger partial charge in [-0.2, -0.15) is 0 Å². The molecule has 0 heterocycles. The quantitative estimate of drug-likeness (QED) is 0.787. The lowest BCUT2D eigenvalue weighted by Gasteiger charge is -2.30. The van der Waals surface area contributed by atoms with Crippen molar-refractivity contribution in [1.29, 1.82) is 0 Å². The van der Waals surface area contributed by atoms with Gasteiger partial charge in [-0.15, -0.1) is 0 Å². The zero-order valence-corrected chi connectivity index (χ0v) is 13.2. The molecule has 3 rings (SSSR count). The first-order chi connectivity index (χ1) is 11.2. The van der Waals surface area contributed by atoms with Crippen molar-refractivity contribution < 1.29 is 4.79 Å². The van der Waals surface area contributed by atoms with E-state index in [1.165, 1.54) is 18.4 Å². The Bertz CT molecular complexity index is 649. The van der Waals surface area contributed by atoms with Crippen LogP contribution in [0.15, 0.2) is 54.6 Å². The van der Waals surface area contributed by atoms with Crippen LogP contribution in [0.2, 0.25) is 0 Å². The van der Waals surface area contributed by atoms with E-state index in [0.717, 1.165) is 24.2 Å². The number of rotatable bonds is 4. The fourth-order valence-corrected chi connectivity index (χ4v) is 3.36. The van der Waals surface area contributed by atoms with E-state index in [1.54, 1.807) is 0 Å². The molecule has 23 heavy (non-hydrogen) atoms. The standard InChI is InChI=1S/C19H23N3O/c20-19(23)22-18-8-4-7-17(13-18)21-16-11-9-15(10-12-16)14-5-2-1-3-6-14/h1-8,13,15-16,21H,9-12H2,(H3,20,22,23). The lowest BCUT2D eigenvalue weighted by Crippen LogP contribution is -2.25. The highest BCUT2D eigenvalue weighted by molar-refractivity contribution is 5.88. The van der Waals surface area contributed by atoms with Gasteiger partial charge in [-0.05, 0) is 55.4 Å². The molecule has 4 heteroatoms. The number of nitrogens with one attached hydrogen (secondary N) is 2. The van der Waals surface area contributed by atoms with E-state index >= 15 is 0 Å². The predicted octanol–water partition coefficient (Wildman–Crippen LogP) is 4.32. The Kier molecular flexibility index (Phi) is 4.81. The van der Waals surface area contributed by atoms with Crippen molar-refractivity contribution in [3.05, 3.63) is 60.2 Å². The molecule has 0 unspecified atom stereocenters. The molecule has 2 amide bonds. The summed E-state index contributed by atoms with van der Waals surface area (Å²) in [5.41, 5.74) is 8.37. The van der Waals surface area contributed by atoms with Crippen molar-refractivity contribution >= 4 is 17.4 Å². The number of benzene rings is 2. The number of nitrogens with two attached hydrogens (primary N) is 1. The molecule has 4 nitrogen and oxygen atoms in total. The van der Waals surface area contributed by atoms with Crippen LogP contribution >= 0.6 is 0 Å². The minimum atomic E-state index is -0.537. The monoisotopic (exact) mass is 309 g/mol. The van der Waals surface area contributed by atoms with E-state index in [-0.39, 0.29) is 0 Å². The normalized spacial score (nSPS) is 20.7. The van der Waals surface area contributed by atoms with Crippen molar-refractivity contribution in [3.63, 3.8) is 0 Å². The van der Waals surface area contributed by atoms with Gasteiger partial charge in [0.25, 0.3) is 0 Å². The highest BCUT2D eigenvalue weighted by Gasteiger charge is 2.22.